The summed E-state index contributed by atoms with van der Waals surface area (Å²) in [5.41, 5.74) is 2.18. The van der Waals surface area contributed by atoms with Crippen molar-refractivity contribution in [3.8, 4) is 0 Å². The highest BCUT2D eigenvalue weighted by atomic mass is 35.5. The maximum absolute atomic E-state index is 10.1. The molecule has 1 nitrogen and oxygen atoms in total. The zero-order valence-electron chi connectivity index (χ0n) is 10.5. The van der Waals surface area contributed by atoms with Crippen molar-refractivity contribution < 1.29 is 5.11 Å². The Balaban J connectivity index is 1.89. The fourth-order valence-electron chi connectivity index (χ4n) is 2.02. The van der Waals surface area contributed by atoms with Crippen molar-refractivity contribution in [3.63, 3.8) is 0 Å². The number of aliphatic hydroxyl groups excluding tert-OH is 1. The Hall–Kier alpha value is -1.02. The topological polar surface area (TPSA) is 20.2 Å². The van der Waals surface area contributed by atoms with Crippen LogP contribution in [0.2, 0.25) is 10.0 Å². The number of aryl methyl sites for hydroxylation is 1. The second-order valence-electron chi connectivity index (χ2n) is 4.62. The molecule has 2 aromatic rings. The number of aliphatic hydroxyl groups is 1. The van der Waals surface area contributed by atoms with Gasteiger partial charge in [-0.2, -0.15) is 0 Å². The Morgan fingerprint density at radius 3 is 2.42 bits per heavy atom. The highest BCUT2D eigenvalue weighted by molar-refractivity contribution is 6.35. The first kappa shape index (κ1) is 14.4. The first-order valence-corrected chi connectivity index (χ1v) is 7.06. The molecule has 3 heteroatoms. The summed E-state index contributed by atoms with van der Waals surface area (Å²) in [6.45, 7) is 0. The van der Waals surface area contributed by atoms with Gasteiger partial charge in [0.1, 0.15) is 0 Å². The van der Waals surface area contributed by atoms with Crippen molar-refractivity contribution in [2.24, 2.45) is 0 Å². The Labute approximate surface area is 123 Å². The molecule has 2 aromatic carbocycles. The lowest BCUT2D eigenvalue weighted by molar-refractivity contribution is 0.165. The molecule has 0 amide bonds. The first-order chi connectivity index (χ1) is 9.15. The van der Waals surface area contributed by atoms with E-state index in [1.165, 1.54) is 5.56 Å². The maximum Gasteiger partial charge on any atom is 0.0584 e. The molecule has 0 fully saturated rings. The van der Waals surface area contributed by atoms with Crippen LogP contribution in [0.5, 0.6) is 0 Å². The van der Waals surface area contributed by atoms with Crippen LogP contribution in [0.4, 0.5) is 0 Å². The van der Waals surface area contributed by atoms with Crippen LogP contribution in [0.25, 0.3) is 0 Å². The molecule has 0 radical (unpaired) electrons. The van der Waals surface area contributed by atoms with Gasteiger partial charge in [-0.25, -0.2) is 0 Å². The molecule has 0 saturated heterocycles. The Morgan fingerprint density at radius 2 is 1.74 bits per heavy atom. The molecule has 0 aliphatic heterocycles. The summed E-state index contributed by atoms with van der Waals surface area (Å²) < 4.78 is 0. The van der Waals surface area contributed by atoms with E-state index in [4.69, 9.17) is 23.2 Å². The standard InChI is InChI=1S/C16H16Cl2O/c17-14-8-7-13(16(18)11-14)10-15(19)9-6-12-4-2-1-3-5-12/h1-5,7-8,11,15,19H,6,9-10H2. The molecular weight excluding hydrogens is 279 g/mol. The van der Waals surface area contributed by atoms with Crippen LogP contribution < -0.4 is 0 Å². The quantitative estimate of drug-likeness (QED) is 0.859. The number of benzene rings is 2. The van der Waals surface area contributed by atoms with Gasteiger partial charge >= 0.3 is 0 Å². The molecule has 100 valence electrons. The average Bonchev–Trinajstić information content (AvgIpc) is 2.41. The van der Waals surface area contributed by atoms with Gasteiger partial charge in [0, 0.05) is 10.0 Å². The van der Waals surface area contributed by atoms with Crippen molar-refractivity contribution in [2.45, 2.75) is 25.4 Å². The molecule has 0 spiro atoms. The van der Waals surface area contributed by atoms with Crippen LogP contribution in [0.15, 0.2) is 48.5 Å². The lowest BCUT2D eigenvalue weighted by Crippen LogP contribution is -2.12. The molecule has 1 unspecified atom stereocenters. The van der Waals surface area contributed by atoms with Crippen LogP contribution in [-0.4, -0.2) is 11.2 Å². The van der Waals surface area contributed by atoms with Gasteiger partial charge in [-0.1, -0.05) is 59.6 Å². The molecule has 0 aliphatic carbocycles. The lowest BCUT2D eigenvalue weighted by atomic mass is 10.0. The van der Waals surface area contributed by atoms with Crippen molar-refractivity contribution in [2.75, 3.05) is 0 Å². The van der Waals surface area contributed by atoms with E-state index in [1.807, 2.05) is 24.3 Å². The SMILES string of the molecule is OC(CCc1ccccc1)Cc1ccc(Cl)cc1Cl. The minimum atomic E-state index is -0.390. The molecule has 0 saturated carbocycles. The summed E-state index contributed by atoms with van der Waals surface area (Å²) in [4.78, 5) is 0. The normalized spacial score (nSPS) is 12.4. The molecule has 0 aliphatic rings. The van der Waals surface area contributed by atoms with E-state index in [-0.39, 0.29) is 6.10 Å². The third-order valence-electron chi connectivity index (χ3n) is 3.08. The van der Waals surface area contributed by atoms with Crippen LogP contribution in [0.3, 0.4) is 0 Å². The van der Waals surface area contributed by atoms with Gasteiger partial charge in [0.05, 0.1) is 6.10 Å². The van der Waals surface area contributed by atoms with Crippen molar-refractivity contribution in [3.05, 3.63) is 69.7 Å². The third-order valence-corrected chi connectivity index (χ3v) is 3.67. The summed E-state index contributed by atoms with van der Waals surface area (Å²) in [6.07, 6.45) is 1.76. The number of halogens is 2. The highest BCUT2D eigenvalue weighted by Crippen LogP contribution is 2.22. The zero-order chi connectivity index (χ0) is 13.7. The minimum Gasteiger partial charge on any atom is -0.393 e. The van der Waals surface area contributed by atoms with Gasteiger partial charge in [0.2, 0.25) is 0 Å². The Morgan fingerprint density at radius 1 is 1.00 bits per heavy atom. The van der Waals surface area contributed by atoms with Gasteiger partial charge in [-0.05, 0) is 42.5 Å². The number of hydrogen-bond donors (Lipinski definition) is 1. The molecule has 0 bridgehead atoms. The summed E-state index contributed by atoms with van der Waals surface area (Å²) in [7, 11) is 0. The average molecular weight is 295 g/mol. The van der Waals surface area contributed by atoms with E-state index in [1.54, 1.807) is 12.1 Å². The second-order valence-corrected chi connectivity index (χ2v) is 5.46. The zero-order valence-corrected chi connectivity index (χ0v) is 12.0. The predicted molar refractivity (Wildman–Crippen MR) is 80.9 cm³/mol. The van der Waals surface area contributed by atoms with Crippen molar-refractivity contribution in [1.29, 1.82) is 0 Å². The van der Waals surface area contributed by atoms with Crippen molar-refractivity contribution in [1.82, 2.24) is 0 Å². The van der Waals surface area contributed by atoms with E-state index in [9.17, 15) is 5.11 Å². The van der Waals surface area contributed by atoms with E-state index in [2.05, 4.69) is 12.1 Å². The van der Waals surface area contributed by atoms with Crippen LogP contribution in [0.1, 0.15) is 17.5 Å². The van der Waals surface area contributed by atoms with Gasteiger partial charge in [-0.15, -0.1) is 0 Å². The van der Waals surface area contributed by atoms with E-state index < -0.39 is 0 Å². The maximum atomic E-state index is 10.1. The lowest BCUT2D eigenvalue weighted by Gasteiger charge is -2.12. The van der Waals surface area contributed by atoms with E-state index in [0.717, 1.165) is 18.4 Å². The number of hydrogen-bond acceptors (Lipinski definition) is 1. The molecule has 2 rings (SSSR count). The minimum absolute atomic E-state index is 0.390. The van der Waals surface area contributed by atoms with Crippen LogP contribution in [-0.2, 0) is 12.8 Å². The van der Waals surface area contributed by atoms with Gasteiger partial charge in [0.15, 0.2) is 0 Å². The van der Waals surface area contributed by atoms with Gasteiger partial charge in [-0.3, -0.25) is 0 Å². The van der Waals surface area contributed by atoms with E-state index >= 15 is 0 Å². The number of rotatable bonds is 5. The molecule has 1 N–H and O–H groups in total. The third kappa shape index (κ3) is 4.54. The summed E-state index contributed by atoms with van der Waals surface area (Å²) in [6, 6.07) is 15.5. The second kappa shape index (κ2) is 6.95. The van der Waals surface area contributed by atoms with Crippen molar-refractivity contribution >= 4 is 23.2 Å². The van der Waals surface area contributed by atoms with Gasteiger partial charge in [0.25, 0.3) is 0 Å². The van der Waals surface area contributed by atoms with Gasteiger partial charge < -0.3 is 5.11 Å². The molecule has 0 heterocycles. The van der Waals surface area contributed by atoms with Crippen LogP contribution in [0, 0.1) is 0 Å². The molecule has 0 aromatic heterocycles. The predicted octanol–water partition coefficient (Wildman–Crippen LogP) is 4.53. The smallest absolute Gasteiger partial charge is 0.0584 e. The highest BCUT2D eigenvalue weighted by Gasteiger charge is 2.09. The van der Waals surface area contributed by atoms with E-state index in [0.29, 0.717) is 16.5 Å². The molecule has 19 heavy (non-hydrogen) atoms. The fraction of sp³-hybridized carbons (Fsp3) is 0.250. The first-order valence-electron chi connectivity index (χ1n) is 6.31. The largest absolute Gasteiger partial charge is 0.393 e. The Kier molecular flexibility index (Phi) is 5.26. The fourth-order valence-corrected chi connectivity index (χ4v) is 2.51. The monoisotopic (exact) mass is 294 g/mol. The molecular formula is C16H16Cl2O. The molecule has 1 atom stereocenters. The Bertz CT molecular complexity index is 526. The summed E-state index contributed by atoms with van der Waals surface area (Å²) in [5.74, 6) is 0. The summed E-state index contributed by atoms with van der Waals surface area (Å²) in [5, 5.41) is 11.3. The van der Waals surface area contributed by atoms with Crippen LogP contribution >= 0.6 is 23.2 Å². The summed E-state index contributed by atoms with van der Waals surface area (Å²) >= 11 is 11.9.